The van der Waals surface area contributed by atoms with Gasteiger partial charge in [-0.05, 0) is 45.1 Å². The summed E-state index contributed by atoms with van der Waals surface area (Å²) in [7, 11) is 1.83. The van der Waals surface area contributed by atoms with Gasteiger partial charge in [-0.1, -0.05) is 0 Å². The van der Waals surface area contributed by atoms with Gasteiger partial charge < -0.3 is 4.42 Å². The Bertz CT molecular complexity index is 618. The van der Waals surface area contributed by atoms with Gasteiger partial charge in [0.05, 0.1) is 11.3 Å². The maximum Gasteiger partial charge on any atom is 0.189 e. The van der Waals surface area contributed by atoms with Gasteiger partial charge in [-0.3, -0.25) is 9.48 Å². The zero-order chi connectivity index (χ0) is 13.3. The first kappa shape index (κ1) is 12.4. The molecular weight excluding hydrogens is 228 g/mol. The molecule has 0 atom stereocenters. The zero-order valence-corrected chi connectivity index (χ0v) is 11.0. The van der Waals surface area contributed by atoms with E-state index in [0.29, 0.717) is 11.3 Å². The number of aromatic nitrogens is 2. The third-order valence-electron chi connectivity index (χ3n) is 2.92. The molecule has 0 aromatic carbocycles. The van der Waals surface area contributed by atoms with Gasteiger partial charge in [-0.25, -0.2) is 0 Å². The highest BCUT2D eigenvalue weighted by Gasteiger charge is 2.14. The number of furan rings is 1. The molecule has 0 aliphatic rings. The number of aryl methyl sites for hydroxylation is 3. The summed E-state index contributed by atoms with van der Waals surface area (Å²) in [4.78, 5) is 12.1. The summed E-state index contributed by atoms with van der Waals surface area (Å²) in [6.45, 7) is 5.60. The van der Waals surface area contributed by atoms with E-state index < -0.39 is 0 Å². The highest BCUT2D eigenvalue weighted by atomic mass is 16.3. The van der Waals surface area contributed by atoms with Crippen LogP contribution < -0.4 is 0 Å². The maximum atomic E-state index is 12.1. The van der Waals surface area contributed by atoms with Crippen molar-refractivity contribution in [2.24, 2.45) is 7.05 Å². The Morgan fingerprint density at radius 3 is 2.56 bits per heavy atom. The second-order valence-corrected chi connectivity index (χ2v) is 4.32. The minimum Gasteiger partial charge on any atom is -0.462 e. The molecular formula is C14H16N2O2. The predicted octanol–water partition coefficient (Wildman–Crippen LogP) is 2.83. The van der Waals surface area contributed by atoms with Crippen LogP contribution >= 0.6 is 0 Å². The van der Waals surface area contributed by atoms with Crippen molar-refractivity contribution in [2.45, 2.75) is 20.8 Å². The van der Waals surface area contributed by atoms with E-state index in [1.807, 2.05) is 40.0 Å². The number of hydrogen-bond donors (Lipinski definition) is 0. The van der Waals surface area contributed by atoms with E-state index in [0.717, 1.165) is 17.1 Å². The lowest BCUT2D eigenvalue weighted by atomic mass is 10.1. The van der Waals surface area contributed by atoms with Gasteiger partial charge in [0.25, 0.3) is 0 Å². The summed E-state index contributed by atoms with van der Waals surface area (Å²) in [6, 6.07) is 3.70. The standard InChI is InChI=1S/C14H16N2O2/c1-9-5-6-12(18-9)7-8-13(17)14-10(2)15-16(4)11(14)3/h5-8H,1-4H3/b8-7+. The highest BCUT2D eigenvalue weighted by Crippen LogP contribution is 2.14. The van der Waals surface area contributed by atoms with Crippen LogP contribution in [0.4, 0.5) is 0 Å². The largest absolute Gasteiger partial charge is 0.462 e. The average Bonchev–Trinajstić information content (AvgIpc) is 2.82. The lowest BCUT2D eigenvalue weighted by molar-refractivity contribution is 0.104. The molecule has 0 fully saturated rings. The first-order valence-electron chi connectivity index (χ1n) is 5.78. The molecule has 4 heteroatoms. The van der Waals surface area contributed by atoms with E-state index in [1.54, 1.807) is 10.8 Å². The molecule has 0 amide bonds. The molecule has 0 N–H and O–H groups in total. The molecule has 2 rings (SSSR count). The van der Waals surface area contributed by atoms with Crippen molar-refractivity contribution in [3.05, 3.63) is 46.7 Å². The Hall–Kier alpha value is -2.10. The smallest absolute Gasteiger partial charge is 0.189 e. The first-order chi connectivity index (χ1) is 8.49. The molecule has 0 saturated heterocycles. The first-order valence-corrected chi connectivity index (χ1v) is 5.78. The van der Waals surface area contributed by atoms with Crippen LogP contribution in [0, 0.1) is 20.8 Å². The monoisotopic (exact) mass is 244 g/mol. The third kappa shape index (κ3) is 2.27. The third-order valence-corrected chi connectivity index (χ3v) is 2.92. The summed E-state index contributed by atoms with van der Waals surface area (Å²) < 4.78 is 7.09. The number of hydrogen-bond acceptors (Lipinski definition) is 3. The summed E-state index contributed by atoms with van der Waals surface area (Å²) in [5.74, 6) is 1.46. The fourth-order valence-electron chi connectivity index (χ4n) is 1.91. The molecule has 2 aromatic heterocycles. The number of carbonyl (C=O) groups excluding carboxylic acids is 1. The van der Waals surface area contributed by atoms with E-state index in [2.05, 4.69) is 5.10 Å². The van der Waals surface area contributed by atoms with Crippen molar-refractivity contribution in [3.8, 4) is 0 Å². The number of ketones is 1. The summed E-state index contributed by atoms with van der Waals surface area (Å²) in [5.41, 5.74) is 2.29. The van der Waals surface area contributed by atoms with E-state index >= 15 is 0 Å². The Kier molecular flexibility index (Phi) is 3.19. The molecule has 94 valence electrons. The van der Waals surface area contributed by atoms with Crippen molar-refractivity contribution >= 4 is 11.9 Å². The van der Waals surface area contributed by atoms with E-state index in [-0.39, 0.29) is 5.78 Å². The fraction of sp³-hybridized carbons (Fsp3) is 0.286. The fourth-order valence-corrected chi connectivity index (χ4v) is 1.91. The Morgan fingerprint density at radius 1 is 1.33 bits per heavy atom. The van der Waals surface area contributed by atoms with Crippen LogP contribution in [0.2, 0.25) is 0 Å². The van der Waals surface area contributed by atoms with E-state index in [1.165, 1.54) is 6.08 Å². The van der Waals surface area contributed by atoms with Crippen LogP contribution in [-0.2, 0) is 7.05 Å². The van der Waals surface area contributed by atoms with Gasteiger partial charge in [0, 0.05) is 12.7 Å². The van der Waals surface area contributed by atoms with Crippen LogP contribution in [0.25, 0.3) is 6.08 Å². The summed E-state index contributed by atoms with van der Waals surface area (Å²) in [6.07, 6.45) is 3.20. The molecule has 4 nitrogen and oxygen atoms in total. The Morgan fingerprint density at radius 2 is 2.06 bits per heavy atom. The highest BCUT2D eigenvalue weighted by molar-refractivity contribution is 6.08. The Balaban J connectivity index is 2.25. The molecule has 0 radical (unpaired) electrons. The topological polar surface area (TPSA) is 48.0 Å². The zero-order valence-electron chi connectivity index (χ0n) is 11.0. The van der Waals surface area contributed by atoms with Crippen LogP contribution in [0.15, 0.2) is 22.6 Å². The van der Waals surface area contributed by atoms with Gasteiger partial charge in [-0.2, -0.15) is 5.10 Å². The lowest BCUT2D eigenvalue weighted by Crippen LogP contribution is -1.99. The van der Waals surface area contributed by atoms with Crippen LogP contribution in [0.1, 0.15) is 33.3 Å². The molecule has 0 spiro atoms. The van der Waals surface area contributed by atoms with Crippen molar-refractivity contribution in [1.82, 2.24) is 9.78 Å². The van der Waals surface area contributed by atoms with Crippen molar-refractivity contribution in [2.75, 3.05) is 0 Å². The van der Waals surface area contributed by atoms with Crippen LogP contribution in [-0.4, -0.2) is 15.6 Å². The van der Waals surface area contributed by atoms with Gasteiger partial charge in [0.1, 0.15) is 11.5 Å². The minimum atomic E-state index is -0.0489. The van der Waals surface area contributed by atoms with Gasteiger partial charge in [0.2, 0.25) is 0 Å². The molecule has 0 bridgehead atoms. The molecule has 2 heterocycles. The van der Waals surface area contributed by atoms with Gasteiger partial charge in [0.15, 0.2) is 5.78 Å². The second kappa shape index (κ2) is 4.64. The Labute approximate surface area is 106 Å². The van der Waals surface area contributed by atoms with Crippen molar-refractivity contribution in [1.29, 1.82) is 0 Å². The van der Waals surface area contributed by atoms with Crippen molar-refractivity contribution in [3.63, 3.8) is 0 Å². The van der Waals surface area contributed by atoms with Gasteiger partial charge in [-0.15, -0.1) is 0 Å². The number of rotatable bonds is 3. The minimum absolute atomic E-state index is 0.0489. The summed E-state index contributed by atoms with van der Waals surface area (Å²) in [5, 5.41) is 4.23. The SMILES string of the molecule is Cc1ccc(/C=C/C(=O)c2c(C)nn(C)c2C)o1. The van der Waals surface area contributed by atoms with Crippen LogP contribution in [0.3, 0.4) is 0 Å². The molecule has 18 heavy (non-hydrogen) atoms. The molecule has 0 aliphatic heterocycles. The van der Waals surface area contributed by atoms with Crippen LogP contribution in [0.5, 0.6) is 0 Å². The second-order valence-electron chi connectivity index (χ2n) is 4.32. The maximum absolute atomic E-state index is 12.1. The number of nitrogens with zero attached hydrogens (tertiary/aromatic N) is 2. The molecule has 0 aliphatic carbocycles. The molecule has 2 aromatic rings. The lowest BCUT2D eigenvalue weighted by Gasteiger charge is -1.96. The van der Waals surface area contributed by atoms with Crippen molar-refractivity contribution < 1.29 is 9.21 Å². The quantitative estimate of drug-likeness (QED) is 0.616. The summed E-state index contributed by atoms with van der Waals surface area (Å²) >= 11 is 0. The number of allylic oxidation sites excluding steroid dienone is 1. The normalized spacial score (nSPS) is 11.3. The number of carbonyl (C=O) groups is 1. The average molecular weight is 244 g/mol. The predicted molar refractivity (Wildman–Crippen MR) is 69.5 cm³/mol. The molecule has 0 unspecified atom stereocenters. The van der Waals surface area contributed by atoms with E-state index in [9.17, 15) is 4.79 Å². The van der Waals surface area contributed by atoms with Gasteiger partial charge >= 0.3 is 0 Å². The van der Waals surface area contributed by atoms with E-state index in [4.69, 9.17) is 4.42 Å². The molecule has 0 saturated carbocycles.